The molecule has 20 heavy (non-hydrogen) atoms. The summed E-state index contributed by atoms with van der Waals surface area (Å²) in [5, 5.41) is 4.13. The van der Waals surface area contributed by atoms with Gasteiger partial charge in [-0.05, 0) is 37.1 Å². The Morgan fingerprint density at radius 3 is 2.45 bits per heavy atom. The van der Waals surface area contributed by atoms with E-state index in [2.05, 4.69) is 10.5 Å². The van der Waals surface area contributed by atoms with Crippen LogP contribution >= 0.6 is 0 Å². The smallest absolute Gasteiger partial charge is 0.265 e. The van der Waals surface area contributed by atoms with E-state index in [1.807, 2.05) is 50.2 Å². The quantitative estimate of drug-likeness (QED) is 0.859. The van der Waals surface area contributed by atoms with Crippen molar-refractivity contribution in [3.05, 3.63) is 59.2 Å². The van der Waals surface area contributed by atoms with E-state index >= 15 is 0 Å². The highest BCUT2D eigenvalue weighted by atomic mass is 16.2. The van der Waals surface area contributed by atoms with Crippen molar-refractivity contribution in [2.24, 2.45) is 5.10 Å². The molecule has 3 rings (SSSR count). The van der Waals surface area contributed by atoms with Crippen molar-refractivity contribution in [1.29, 1.82) is 0 Å². The number of hydrogen-bond acceptors (Lipinski definition) is 3. The predicted octanol–water partition coefficient (Wildman–Crippen LogP) is 3.32. The normalized spacial score (nSPS) is 13.7. The third-order valence-corrected chi connectivity index (χ3v) is 3.41. The summed E-state index contributed by atoms with van der Waals surface area (Å²) in [6.07, 6.45) is 1.54. The van der Waals surface area contributed by atoms with Crippen LogP contribution in [0.5, 0.6) is 0 Å². The summed E-state index contributed by atoms with van der Waals surface area (Å²) in [5.74, 6) is -0.0771. The zero-order valence-electron chi connectivity index (χ0n) is 11.4. The maximum Gasteiger partial charge on any atom is 0.265 e. The summed E-state index contributed by atoms with van der Waals surface area (Å²) in [4.78, 5) is 14.3. The van der Waals surface area contributed by atoms with Gasteiger partial charge in [-0.15, -0.1) is 0 Å². The van der Waals surface area contributed by atoms with Crippen molar-refractivity contribution in [2.75, 3.05) is 10.3 Å². The van der Waals surface area contributed by atoms with Crippen LogP contribution in [0.25, 0.3) is 0 Å². The van der Waals surface area contributed by atoms with Crippen LogP contribution in [-0.2, 0) is 0 Å². The molecule has 1 N–H and O–H groups in total. The molecule has 0 aromatic heterocycles. The minimum atomic E-state index is -0.0771. The van der Waals surface area contributed by atoms with E-state index in [9.17, 15) is 4.79 Å². The Morgan fingerprint density at radius 2 is 1.70 bits per heavy atom. The van der Waals surface area contributed by atoms with E-state index in [1.54, 1.807) is 11.0 Å². The SMILES string of the molecule is Cc1cccc(C)c1N1C=NNc2ccccc2C1=O. The minimum absolute atomic E-state index is 0.0771. The number of fused-ring (bicyclic) bond motifs is 1. The van der Waals surface area contributed by atoms with Crippen LogP contribution in [0.2, 0.25) is 0 Å². The monoisotopic (exact) mass is 265 g/mol. The number of benzene rings is 2. The lowest BCUT2D eigenvalue weighted by atomic mass is 10.1. The molecule has 4 heteroatoms. The van der Waals surface area contributed by atoms with Crippen LogP contribution in [-0.4, -0.2) is 12.2 Å². The molecule has 0 saturated carbocycles. The molecular formula is C16H15N3O. The fourth-order valence-electron chi connectivity index (χ4n) is 2.45. The molecule has 100 valence electrons. The fraction of sp³-hybridized carbons (Fsp3) is 0.125. The van der Waals surface area contributed by atoms with Gasteiger partial charge in [0.25, 0.3) is 5.91 Å². The Bertz CT molecular complexity index is 686. The molecule has 2 aromatic carbocycles. The molecule has 2 aromatic rings. The van der Waals surface area contributed by atoms with Crippen molar-refractivity contribution in [2.45, 2.75) is 13.8 Å². The predicted molar refractivity (Wildman–Crippen MR) is 81.3 cm³/mol. The van der Waals surface area contributed by atoms with Gasteiger partial charge in [0.2, 0.25) is 0 Å². The van der Waals surface area contributed by atoms with Crippen molar-refractivity contribution in [1.82, 2.24) is 0 Å². The third-order valence-electron chi connectivity index (χ3n) is 3.41. The highest BCUT2D eigenvalue weighted by Gasteiger charge is 2.23. The van der Waals surface area contributed by atoms with Crippen molar-refractivity contribution >= 4 is 23.6 Å². The van der Waals surface area contributed by atoms with Gasteiger partial charge in [-0.1, -0.05) is 30.3 Å². The van der Waals surface area contributed by atoms with Crippen LogP contribution in [0, 0.1) is 13.8 Å². The second-order valence-electron chi connectivity index (χ2n) is 4.82. The Morgan fingerprint density at radius 1 is 1.00 bits per heavy atom. The van der Waals surface area contributed by atoms with E-state index in [0.29, 0.717) is 5.56 Å². The summed E-state index contributed by atoms with van der Waals surface area (Å²) in [7, 11) is 0. The molecule has 1 aliphatic rings. The molecule has 0 fully saturated rings. The maximum absolute atomic E-state index is 12.7. The number of hydrazone groups is 1. The van der Waals surface area contributed by atoms with Crippen LogP contribution in [0.1, 0.15) is 21.5 Å². The molecule has 4 nitrogen and oxygen atoms in total. The Labute approximate surface area is 117 Å². The van der Waals surface area contributed by atoms with Crippen molar-refractivity contribution < 1.29 is 4.79 Å². The fourth-order valence-corrected chi connectivity index (χ4v) is 2.45. The number of carbonyl (C=O) groups excluding carboxylic acids is 1. The Kier molecular flexibility index (Phi) is 2.99. The number of anilines is 2. The van der Waals surface area contributed by atoms with Crippen LogP contribution in [0.3, 0.4) is 0 Å². The number of para-hydroxylation sites is 2. The highest BCUT2D eigenvalue weighted by molar-refractivity contribution is 6.20. The van der Waals surface area contributed by atoms with E-state index in [1.165, 1.54) is 6.34 Å². The molecule has 0 aliphatic carbocycles. The second-order valence-corrected chi connectivity index (χ2v) is 4.82. The van der Waals surface area contributed by atoms with Crippen LogP contribution < -0.4 is 10.3 Å². The molecule has 1 amide bonds. The second kappa shape index (κ2) is 4.81. The zero-order valence-corrected chi connectivity index (χ0v) is 11.4. The topological polar surface area (TPSA) is 44.7 Å². The molecule has 1 heterocycles. The molecule has 1 aliphatic heterocycles. The van der Waals surface area contributed by atoms with E-state index in [4.69, 9.17) is 0 Å². The van der Waals surface area contributed by atoms with Gasteiger partial charge in [0.15, 0.2) is 0 Å². The average molecular weight is 265 g/mol. The number of carbonyl (C=O) groups is 1. The average Bonchev–Trinajstić information content (AvgIpc) is 2.60. The lowest BCUT2D eigenvalue weighted by molar-refractivity contribution is 0.100. The molecule has 0 radical (unpaired) electrons. The number of rotatable bonds is 1. The molecule has 0 unspecified atom stereocenters. The number of amides is 1. The number of nitrogens with zero attached hydrogens (tertiary/aromatic N) is 2. The summed E-state index contributed by atoms with van der Waals surface area (Å²) < 4.78 is 0. The van der Waals surface area contributed by atoms with Gasteiger partial charge in [-0.2, -0.15) is 5.10 Å². The Hall–Kier alpha value is -2.62. The first-order valence-corrected chi connectivity index (χ1v) is 6.46. The van der Waals surface area contributed by atoms with E-state index in [0.717, 1.165) is 22.5 Å². The summed E-state index contributed by atoms with van der Waals surface area (Å²) in [6.45, 7) is 3.99. The third kappa shape index (κ3) is 1.95. The number of nitrogens with one attached hydrogen (secondary N) is 1. The van der Waals surface area contributed by atoms with Gasteiger partial charge in [-0.25, -0.2) is 0 Å². The first kappa shape index (κ1) is 12.4. The number of aryl methyl sites for hydroxylation is 2. The lowest BCUT2D eigenvalue weighted by Gasteiger charge is -2.20. The molecule has 0 saturated heterocycles. The first-order chi connectivity index (χ1) is 9.68. The van der Waals surface area contributed by atoms with Gasteiger partial charge >= 0.3 is 0 Å². The zero-order chi connectivity index (χ0) is 14.1. The first-order valence-electron chi connectivity index (χ1n) is 6.46. The van der Waals surface area contributed by atoms with Gasteiger partial charge in [0.1, 0.15) is 6.34 Å². The minimum Gasteiger partial charge on any atom is -0.276 e. The molecule has 0 bridgehead atoms. The highest BCUT2D eigenvalue weighted by Crippen LogP contribution is 2.28. The summed E-state index contributed by atoms with van der Waals surface area (Å²) in [6, 6.07) is 13.4. The number of hydrogen-bond donors (Lipinski definition) is 1. The standard InChI is InChI=1S/C16H15N3O/c1-11-6-5-7-12(2)15(11)19-10-17-18-14-9-4-3-8-13(14)16(19)20/h3-10,18H,1-2H3. The van der Waals surface area contributed by atoms with Crippen molar-refractivity contribution in [3.8, 4) is 0 Å². The van der Waals surface area contributed by atoms with Gasteiger partial charge in [0.05, 0.1) is 16.9 Å². The van der Waals surface area contributed by atoms with Crippen LogP contribution in [0.15, 0.2) is 47.6 Å². The Balaban J connectivity index is 2.14. The van der Waals surface area contributed by atoms with E-state index in [-0.39, 0.29) is 5.91 Å². The molecule has 0 atom stereocenters. The van der Waals surface area contributed by atoms with Crippen LogP contribution in [0.4, 0.5) is 11.4 Å². The molecular weight excluding hydrogens is 250 g/mol. The maximum atomic E-state index is 12.7. The van der Waals surface area contributed by atoms with Gasteiger partial charge in [0, 0.05) is 0 Å². The van der Waals surface area contributed by atoms with Crippen molar-refractivity contribution in [3.63, 3.8) is 0 Å². The van der Waals surface area contributed by atoms with Gasteiger partial charge in [-0.3, -0.25) is 15.1 Å². The molecule has 0 spiro atoms. The van der Waals surface area contributed by atoms with E-state index < -0.39 is 0 Å². The largest absolute Gasteiger partial charge is 0.276 e. The van der Waals surface area contributed by atoms with Gasteiger partial charge < -0.3 is 0 Å². The summed E-state index contributed by atoms with van der Waals surface area (Å²) in [5.41, 5.74) is 7.22. The summed E-state index contributed by atoms with van der Waals surface area (Å²) >= 11 is 0. The lowest BCUT2D eigenvalue weighted by Crippen LogP contribution is -2.30.